The van der Waals surface area contributed by atoms with Crippen molar-refractivity contribution < 1.29 is 13.2 Å². The number of nitrogens with zero attached hydrogens (tertiary/aromatic N) is 3. The minimum Gasteiger partial charge on any atom is -0.314 e. The van der Waals surface area contributed by atoms with Crippen molar-refractivity contribution in [3.8, 4) is 0 Å². The number of nitrogens with one attached hydrogen (secondary N) is 1. The largest absolute Gasteiger partial charge is 0.314 e. The Morgan fingerprint density at radius 1 is 1.30 bits per heavy atom. The number of aromatic nitrogens is 3. The van der Waals surface area contributed by atoms with E-state index >= 15 is 0 Å². The SMILES string of the molecule is CC(C(=O)N(C)c1ccccc1)S(=O)(=O)c1ncn[nH]1. The normalized spacial score (nSPS) is 12.9. The minimum atomic E-state index is -3.87. The number of benzene rings is 1. The Labute approximate surface area is 116 Å². The number of anilines is 1. The lowest BCUT2D eigenvalue weighted by atomic mass is 10.3. The molecule has 0 aliphatic carbocycles. The first-order valence-corrected chi connectivity index (χ1v) is 7.41. The van der Waals surface area contributed by atoms with Crippen molar-refractivity contribution in [1.29, 1.82) is 0 Å². The minimum absolute atomic E-state index is 0.306. The monoisotopic (exact) mass is 294 g/mol. The van der Waals surface area contributed by atoms with Crippen molar-refractivity contribution in [1.82, 2.24) is 15.2 Å². The van der Waals surface area contributed by atoms with Crippen LogP contribution in [0.2, 0.25) is 0 Å². The van der Waals surface area contributed by atoms with E-state index < -0.39 is 21.0 Å². The number of para-hydroxylation sites is 1. The van der Waals surface area contributed by atoms with Crippen LogP contribution in [0.3, 0.4) is 0 Å². The van der Waals surface area contributed by atoms with Crippen LogP contribution in [0.1, 0.15) is 6.92 Å². The third-order valence-corrected chi connectivity index (χ3v) is 4.82. The van der Waals surface area contributed by atoms with Crippen LogP contribution in [0.25, 0.3) is 0 Å². The first-order chi connectivity index (χ1) is 9.44. The summed E-state index contributed by atoms with van der Waals surface area (Å²) in [4.78, 5) is 17.2. The maximum absolute atomic E-state index is 12.3. The number of H-pyrrole nitrogens is 1. The molecule has 1 heterocycles. The molecule has 0 saturated heterocycles. The summed E-state index contributed by atoms with van der Waals surface area (Å²) in [5.74, 6) is -0.535. The van der Waals surface area contributed by atoms with Crippen LogP contribution in [-0.2, 0) is 14.6 Å². The predicted molar refractivity (Wildman–Crippen MR) is 72.9 cm³/mol. The average Bonchev–Trinajstić information content (AvgIpc) is 3.00. The molecule has 0 radical (unpaired) electrons. The van der Waals surface area contributed by atoms with Crippen LogP contribution in [0, 0.1) is 0 Å². The Kier molecular flexibility index (Phi) is 3.84. The highest BCUT2D eigenvalue weighted by molar-refractivity contribution is 7.92. The van der Waals surface area contributed by atoms with Crippen LogP contribution in [-0.4, -0.2) is 41.8 Å². The summed E-state index contributed by atoms with van der Waals surface area (Å²) in [5.41, 5.74) is 0.622. The number of hydrogen-bond acceptors (Lipinski definition) is 5. The van der Waals surface area contributed by atoms with E-state index in [-0.39, 0.29) is 5.16 Å². The van der Waals surface area contributed by atoms with Crippen LogP contribution >= 0.6 is 0 Å². The fraction of sp³-hybridized carbons (Fsp3) is 0.250. The zero-order chi connectivity index (χ0) is 14.8. The molecule has 1 aromatic carbocycles. The van der Waals surface area contributed by atoms with Crippen molar-refractivity contribution in [2.75, 3.05) is 11.9 Å². The van der Waals surface area contributed by atoms with E-state index in [1.54, 1.807) is 24.3 Å². The Hall–Kier alpha value is -2.22. The third kappa shape index (κ3) is 2.55. The highest BCUT2D eigenvalue weighted by atomic mass is 32.2. The fourth-order valence-corrected chi connectivity index (χ4v) is 2.82. The summed E-state index contributed by atoms with van der Waals surface area (Å²) in [6.07, 6.45) is 1.09. The summed E-state index contributed by atoms with van der Waals surface area (Å²) >= 11 is 0. The molecule has 0 aliphatic rings. The summed E-state index contributed by atoms with van der Waals surface area (Å²) in [7, 11) is -2.34. The highest BCUT2D eigenvalue weighted by Crippen LogP contribution is 2.17. The van der Waals surface area contributed by atoms with Gasteiger partial charge >= 0.3 is 0 Å². The summed E-state index contributed by atoms with van der Waals surface area (Å²) in [6, 6.07) is 8.82. The number of carbonyl (C=O) groups is 1. The topological polar surface area (TPSA) is 96.0 Å². The number of amides is 1. The zero-order valence-corrected chi connectivity index (χ0v) is 11.8. The van der Waals surface area contributed by atoms with Gasteiger partial charge in [-0.3, -0.25) is 9.89 Å². The van der Waals surface area contributed by atoms with Gasteiger partial charge < -0.3 is 4.90 Å². The average molecular weight is 294 g/mol. The second-order valence-electron chi connectivity index (χ2n) is 4.21. The molecular weight excluding hydrogens is 280 g/mol. The molecule has 0 bridgehead atoms. The fourth-order valence-electron chi connectivity index (χ4n) is 1.68. The lowest BCUT2D eigenvalue weighted by Crippen LogP contribution is -2.39. The molecule has 1 unspecified atom stereocenters. The van der Waals surface area contributed by atoms with Crippen molar-refractivity contribution in [2.45, 2.75) is 17.3 Å². The second kappa shape index (κ2) is 5.41. The summed E-state index contributed by atoms with van der Waals surface area (Å²) in [5, 5.41) is 4.21. The molecule has 20 heavy (non-hydrogen) atoms. The number of aromatic amines is 1. The standard InChI is InChI=1S/C12H14N4O3S/c1-9(20(18,19)12-13-8-14-15-12)11(17)16(2)10-6-4-3-5-7-10/h3-9H,1-2H3,(H,13,14,15). The van der Waals surface area contributed by atoms with E-state index in [0.29, 0.717) is 5.69 Å². The van der Waals surface area contributed by atoms with E-state index in [2.05, 4.69) is 15.2 Å². The molecule has 1 atom stereocenters. The second-order valence-corrected chi connectivity index (χ2v) is 6.39. The van der Waals surface area contributed by atoms with Gasteiger partial charge in [-0.1, -0.05) is 18.2 Å². The van der Waals surface area contributed by atoms with E-state index in [1.165, 1.54) is 18.9 Å². The van der Waals surface area contributed by atoms with Gasteiger partial charge in [0.2, 0.25) is 20.9 Å². The van der Waals surface area contributed by atoms with Crippen LogP contribution in [0.4, 0.5) is 5.69 Å². The van der Waals surface area contributed by atoms with Gasteiger partial charge in [0.25, 0.3) is 0 Å². The van der Waals surface area contributed by atoms with Crippen molar-refractivity contribution in [2.24, 2.45) is 0 Å². The van der Waals surface area contributed by atoms with E-state index in [4.69, 9.17) is 0 Å². The Morgan fingerprint density at radius 2 is 1.95 bits per heavy atom. The molecule has 0 spiro atoms. The molecular formula is C12H14N4O3S. The van der Waals surface area contributed by atoms with Gasteiger partial charge in [0.05, 0.1) is 0 Å². The van der Waals surface area contributed by atoms with Crippen molar-refractivity contribution >= 4 is 21.4 Å². The maximum atomic E-state index is 12.3. The number of carbonyl (C=O) groups excluding carboxylic acids is 1. The number of hydrogen-bond donors (Lipinski definition) is 1. The van der Waals surface area contributed by atoms with Gasteiger partial charge in [-0.15, -0.1) is 0 Å². The quantitative estimate of drug-likeness (QED) is 0.892. The van der Waals surface area contributed by atoms with Crippen molar-refractivity contribution in [3.63, 3.8) is 0 Å². The summed E-state index contributed by atoms with van der Waals surface area (Å²) in [6.45, 7) is 1.33. The number of sulfone groups is 1. The lowest BCUT2D eigenvalue weighted by molar-refractivity contribution is -0.117. The molecule has 7 nitrogen and oxygen atoms in total. The molecule has 0 aliphatic heterocycles. The van der Waals surface area contributed by atoms with Gasteiger partial charge in [0, 0.05) is 12.7 Å². The molecule has 1 amide bonds. The molecule has 106 valence electrons. The molecule has 0 saturated carbocycles. The molecule has 2 rings (SSSR count). The summed E-state index contributed by atoms with van der Waals surface area (Å²) < 4.78 is 24.4. The van der Waals surface area contributed by atoms with Gasteiger partial charge in [-0.25, -0.2) is 13.4 Å². The predicted octanol–water partition coefficient (Wildman–Crippen LogP) is 0.630. The lowest BCUT2D eigenvalue weighted by Gasteiger charge is -2.20. The van der Waals surface area contributed by atoms with Crippen LogP contribution < -0.4 is 4.90 Å². The number of rotatable bonds is 4. The third-order valence-electron chi connectivity index (χ3n) is 2.95. The van der Waals surface area contributed by atoms with E-state index in [0.717, 1.165) is 6.33 Å². The Morgan fingerprint density at radius 3 is 2.50 bits per heavy atom. The smallest absolute Gasteiger partial charge is 0.245 e. The van der Waals surface area contributed by atoms with Gasteiger partial charge in [-0.2, -0.15) is 5.10 Å². The molecule has 8 heteroatoms. The van der Waals surface area contributed by atoms with Crippen molar-refractivity contribution in [3.05, 3.63) is 36.7 Å². The Balaban J connectivity index is 2.26. The maximum Gasteiger partial charge on any atom is 0.245 e. The molecule has 1 N–H and O–H groups in total. The van der Waals surface area contributed by atoms with Gasteiger partial charge in [0.15, 0.2) is 0 Å². The van der Waals surface area contributed by atoms with E-state index in [1.807, 2.05) is 6.07 Å². The van der Waals surface area contributed by atoms with Gasteiger partial charge in [-0.05, 0) is 19.1 Å². The molecule has 2 aromatic rings. The zero-order valence-electron chi connectivity index (χ0n) is 11.0. The first-order valence-electron chi connectivity index (χ1n) is 5.86. The first kappa shape index (κ1) is 14.2. The highest BCUT2D eigenvalue weighted by Gasteiger charge is 2.34. The van der Waals surface area contributed by atoms with Crippen LogP contribution in [0.5, 0.6) is 0 Å². The van der Waals surface area contributed by atoms with Gasteiger partial charge in [0.1, 0.15) is 11.6 Å². The Bertz CT molecular complexity index is 683. The molecule has 1 aromatic heterocycles. The molecule has 0 fully saturated rings. The van der Waals surface area contributed by atoms with E-state index in [9.17, 15) is 13.2 Å². The van der Waals surface area contributed by atoms with Crippen LogP contribution in [0.15, 0.2) is 41.8 Å².